The number of aliphatic hydroxyl groups is 1. The smallest absolute Gasteiger partial charge is 0.321 e. The van der Waals surface area contributed by atoms with Crippen LogP contribution in [0.15, 0.2) is 12.7 Å². The predicted molar refractivity (Wildman–Crippen MR) is 90.9 cm³/mol. The Labute approximate surface area is 147 Å². The second kappa shape index (κ2) is 7.64. The first-order valence-electron chi connectivity index (χ1n) is 7.55. The predicted octanol–water partition coefficient (Wildman–Crippen LogP) is 0.483. The molecule has 1 saturated heterocycles. The number of aliphatic hydroxyl groups excluding tert-OH is 1. The highest BCUT2D eigenvalue weighted by Gasteiger charge is 2.35. The fraction of sp³-hybridized carbons (Fsp3) is 0.500. The van der Waals surface area contributed by atoms with Gasteiger partial charge in [0.2, 0.25) is 0 Å². The molecule has 1 fully saturated rings. The van der Waals surface area contributed by atoms with E-state index in [9.17, 15) is 9.90 Å². The molecule has 1 aliphatic rings. The number of rotatable bonds is 5. The summed E-state index contributed by atoms with van der Waals surface area (Å²) in [7, 11) is 0. The Bertz CT molecular complexity index is 805. The van der Waals surface area contributed by atoms with Gasteiger partial charge in [-0.3, -0.25) is 9.88 Å². The van der Waals surface area contributed by atoms with Crippen LogP contribution in [0.2, 0.25) is 0 Å². The van der Waals surface area contributed by atoms with Crippen molar-refractivity contribution in [2.24, 2.45) is 0 Å². The molecule has 0 radical (unpaired) electrons. The maximum atomic E-state index is 11.7. The van der Waals surface area contributed by atoms with Gasteiger partial charge < -0.3 is 15.2 Å². The molecule has 0 aromatic carbocycles. The number of nitrogens with zero attached hydrogens (tertiary/aromatic N) is 5. The van der Waals surface area contributed by atoms with Crippen LogP contribution in [0.3, 0.4) is 0 Å². The number of hydrogen-bond donors (Lipinski definition) is 3. The molecule has 3 N–H and O–H groups in total. The van der Waals surface area contributed by atoms with E-state index in [1.54, 1.807) is 22.7 Å². The summed E-state index contributed by atoms with van der Waals surface area (Å²) in [5.41, 5.74) is 0.897. The summed E-state index contributed by atoms with van der Waals surface area (Å²) in [6.45, 7) is -0.112. The molecule has 3 rings (SSSR count). The number of amides is 2. The molecule has 3 heterocycles. The number of nitrogens with one attached hydrogen (secondary N) is 2. The molecule has 0 saturated carbocycles. The van der Waals surface area contributed by atoms with Crippen molar-refractivity contribution in [3.05, 3.63) is 12.7 Å². The molecule has 3 atom stereocenters. The molecule has 0 aliphatic carbocycles. The number of fused-ring (bicyclic) bond motifs is 1. The molecule has 1 aliphatic heterocycles. The number of imidazole rings is 1. The van der Waals surface area contributed by atoms with Crippen LogP contribution in [0, 0.1) is 11.3 Å². The van der Waals surface area contributed by atoms with Crippen molar-refractivity contribution in [1.82, 2.24) is 24.8 Å². The highest BCUT2D eigenvalue weighted by Crippen LogP contribution is 2.32. The number of anilines is 1. The molecule has 0 spiro atoms. The fourth-order valence-electron chi connectivity index (χ4n) is 2.63. The van der Waals surface area contributed by atoms with Gasteiger partial charge in [0.25, 0.3) is 0 Å². The van der Waals surface area contributed by atoms with E-state index >= 15 is 0 Å². The number of thioether (sulfide) groups is 1. The summed E-state index contributed by atoms with van der Waals surface area (Å²) >= 11 is 1.61. The van der Waals surface area contributed by atoms with Crippen LogP contribution in [0.1, 0.15) is 12.6 Å². The third kappa shape index (κ3) is 3.65. The number of urea groups is 1. The Balaban J connectivity index is 1.82. The number of aromatic nitrogens is 4. The van der Waals surface area contributed by atoms with Crippen molar-refractivity contribution in [2.45, 2.75) is 24.9 Å². The quantitative estimate of drug-likeness (QED) is 0.652. The molecule has 0 bridgehead atoms. The molecule has 2 aromatic heterocycles. The number of nitriles is 1. The van der Waals surface area contributed by atoms with Gasteiger partial charge in [-0.25, -0.2) is 19.7 Å². The van der Waals surface area contributed by atoms with Crippen LogP contribution in [0.5, 0.6) is 0 Å². The second-order valence-corrected chi connectivity index (χ2v) is 6.31. The Hall–Kier alpha value is -2.42. The summed E-state index contributed by atoms with van der Waals surface area (Å²) in [4.78, 5) is 24.2. The first kappa shape index (κ1) is 17.4. The van der Waals surface area contributed by atoms with E-state index in [1.807, 2.05) is 12.3 Å². The highest BCUT2D eigenvalue weighted by atomic mass is 32.2. The van der Waals surface area contributed by atoms with Crippen molar-refractivity contribution in [2.75, 3.05) is 23.9 Å². The van der Waals surface area contributed by atoms with Gasteiger partial charge in [-0.05, 0) is 6.26 Å². The molecule has 2 aromatic rings. The SMILES string of the molecule is CSC[C@H]1O[C@@H](n2cnc3c(NC(=O)NCC#N)ncnc32)C[C@@H]1O. The Morgan fingerprint density at radius 1 is 1.56 bits per heavy atom. The van der Waals surface area contributed by atoms with E-state index in [0.29, 0.717) is 23.3 Å². The van der Waals surface area contributed by atoms with Crippen LogP contribution in [-0.2, 0) is 4.74 Å². The summed E-state index contributed by atoms with van der Waals surface area (Å²) in [5, 5.41) is 23.5. The first-order chi connectivity index (χ1) is 12.1. The van der Waals surface area contributed by atoms with Gasteiger partial charge >= 0.3 is 6.03 Å². The van der Waals surface area contributed by atoms with Gasteiger partial charge in [0, 0.05) is 12.2 Å². The first-order valence-corrected chi connectivity index (χ1v) is 8.95. The fourth-order valence-corrected chi connectivity index (χ4v) is 3.26. The van der Waals surface area contributed by atoms with Gasteiger partial charge in [-0.15, -0.1) is 0 Å². The number of carbonyl (C=O) groups excluding carboxylic acids is 1. The van der Waals surface area contributed by atoms with Crippen LogP contribution < -0.4 is 10.6 Å². The number of ether oxygens (including phenoxy) is 1. The van der Waals surface area contributed by atoms with E-state index in [0.717, 1.165) is 0 Å². The zero-order chi connectivity index (χ0) is 17.8. The molecule has 25 heavy (non-hydrogen) atoms. The van der Waals surface area contributed by atoms with Crippen molar-refractivity contribution in [1.29, 1.82) is 5.26 Å². The lowest BCUT2D eigenvalue weighted by atomic mass is 10.2. The van der Waals surface area contributed by atoms with Crippen molar-refractivity contribution >= 4 is 34.8 Å². The maximum absolute atomic E-state index is 11.7. The van der Waals surface area contributed by atoms with E-state index < -0.39 is 12.1 Å². The summed E-state index contributed by atoms with van der Waals surface area (Å²) in [5.74, 6) is 0.934. The minimum absolute atomic E-state index is 0.112. The highest BCUT2D eigenvalue weighted by molar-refractivity contribution is 7.98. The van der Waals surface area contributed by atoms with Crippen LogP contribution in [0.4, 0.5) is 10.6 Å². The van der Waals surface area contributed by atoms with Gasteiger partial charge in [0.1, 0.15) is 19.1 Å². The Kier molecular flexibility index (Phi) is 5.32. The van der Waals surface area contributed by atoms with Gasteiger partial charge in [0.05, 0.1) is 24.6 Å². The van der Waals surface area contributed by atoms with Crippen molar-refractivity contribution in [3.8, 4) is 6.07 Å². The van der Waals surface area contributed by atoms with Crippen molar-refractivity contribution in [3.63, 3.8) is 0 Å². The summed E-state index contributed by atoms with van der Waals surface area (Å²) in [6, 6.07) is 1.26. The average Bonchev–Trinajstić information content (AvgIpc) is 3.18. The monoisotopic (exact) mass is 363 g/mol. The number of hydrogen-bond acceptors (Lipinski definition) is 8. The molecule has 10 nitrogen and oxygen atoms in total. The minimum Gasteiger partial charge on any atom is -0.390 e. The third-order valence-corrected chi connectivity index (χ3v) is 4.43. The van der Waals surface area contributed by atoms with Crippen LogP contribution in [-0.4, -0.2) is 61.4 Å². The summed E-state index contributed by atoms with van der Waals surface area (Å²) in [6.07, 6.45) is 4.08. The topological polar surface area (TPSA) is 138 Å². The third-order valence-electron chi connectivity index (χ3n) is 3.76. The van der Waals surface area contributed by atoms with Gasteiger partial charge in [-0.1, -0.05) is 0 Å². The van der Waals surface area contributed by atoms with Gasteiger partial charge in [-0.2, -0.15) is 17.0 Å². The molecule has 2 amide bonds. The molecular formula is C14H17N7O3S. The summed E-state index contributed by atoms with van der Waals surface area (Å²) < 4.78 is 7.62. The van der Waals surface area contributed by atoms with E-state index in [4.69, 9.17) is 10.00 Å². The lowest BCUT2D eigenvalue weighted by Crippen LogP contribution is -2.29. The van der Waals surface area contributed by atoms with E-state index in [1.165, 1.54) is 6.33 Å². The van der Waals surface area contributed by atoms with Crippen molar-refractivity contribution < 1.29 is 14.6 Å². The second-order valence-electron chi connectivity index (χ2n) is 5.40. The normalized spacial score (nSPS) is 22.7. The number of carbonyl (C=O) groups is 1. The molecule has 0 unspecified atom stereocenters. The molecule has 11 heteroatoms. The molecular weight excluding hydrogens is 346 g/mol. The maximum Gasteiger partial charge on any atom is 0.321 e. The largest absolute Gasteiger partial charge is 0.390 e. The molecule has 132 valence electrons. The van der Waals surface area contributed by atoms with E-state index in [2.05, 4.69) is 25.6 Å². The van der Waals surface area contributed by atoms with E-state index in [-0.39, 0.29) is 24.7 Å². The standard InChI is InChI=1S/C14H17N7O3S/c1-25-5-9-8(22)4-10(24-9)21-7-19-11-12(17-6-18-13(11)21)20-14(23)16-3-2-15/h6-10,22H,3-5H2,1H3,(H2,16,17,18,20,23)/t8-,9+,10+/m0/s1. The zero-order valence-corrected chi connectivity index (χ0v) is 14.2. The zero-order valence-electron chi connectivity index (χ0n) is 13.4. The lowest BCUT2D eigenvalue weighted by molar-refractivity contribution is -0.00368. The average molecular weight is 363 g/mol. The minimum atomic E-state index is -0.552. The Morgan fingerprint density at radius 2 is 2.40 bits per heavy atom. The van der Waals surface area contributed by atoms with Crippen LogP contribution >= 0.6 is 11.8 Å². The lowest BCUT2D eigenvalue weighted by Gasteiger charge is -2.14. The van der Waals surface area contributed by atoms with Crippen LogP contribution in [0.25, 0.3) is 11.2 Å². The Morgan fingerprint density at radius 3 is 3.16 bits per heavy atom. The van der Waals surface area contributed by atoms with Gasteiger partial charge in [0.15, 0.2) is 17.0 Å².